The molecule has 2 aliphatic heterocycles. The smallest absolute Gasteiger partial charge is 0.327 e. The molecule has 0 unspecified atom stereocenters. The van der Waals surface area contributed by atoms with Crippen LogP contribution in [0.2, 0.25) is 0 Å². The van der Waals surface area contributed by atoms with Gasteiger partial charge in [-0.15, -0.1) is 0 Å². The van der Waals surface area contributed by atoms with E-state index in [4.69, 9.17) is 0 Å². The van der Waals surface area contributed by atoms with E-state index in [1.165, 1.54) is 4.90 Å². The lowest BCUT2D eigenvalue weighted by atomic mass is 9.85. The number of nitrogens with zero attached hydrogens (tertiary/aromatic N) is 5. The second kappa shape index (κ2) is 7.89. The molecule has 4 amide bonds. The predicted molar refractivity (Wildman–Crippen MR) is 106 cm³/mol. The van der Waals surface area contributed by atoms with Crippen molar-refractivity contribution in [2.45, 2.75) is 45.2 Å². The van der Waals surface area contributed by atoms with Crippen molar-refractivity contribution in [2.75, 3.05) is 19.6 Å². The molecule has 0 aliphatic carbocycles. The topological polar surface area (TPSA) is 99.9 Å². The third-order valence-corrected chi connectivity index (χ3v) is 6.13. The van der Waals surface area contributed by atoms with Gasteiger partial charge in [0.15, 0.2) is 0 Å². The van der Waals surface area contributed by atoms with E-state index in [2.05, 4.69) is 14.9 Å². The van der Waals surface area contributed by atoms with Gasteiger partial charge in [-0.2, -0.15) is 0 Å². The third-order valence-electron chi connectivity index (χ3n) is 6.13. The van der Waals surface area contributed by atoms with Gasteiger partial charge in [0.1, 0.15) is 16.9 Å². The quantitative estimate of drug-likeness (QED) is 0.695. The summed E-state index contributed by atoms with van der Waals surface area (Å²) in [4.78, 5) is 43.7. The van der Waals surface area contributed by atoms with Gasteiger partial charge in [0.25, 0.3) is 5.91 Å². The van der Waals surface area contributed by atoms with Gasteiger partial charge in [0.2, 0.25) is 5.91 Å². The first-order valence-corrected chi connectivity index (χ1v) is 10.2. The number of imide groups is 1. The minimum Gasteiger partial charge on any atom is -0.342 e. The van der Waals surface area contributed by atoms with Crippen LogP contribution in [0.15, 0.2) is 35.0 Å². The zero-order valence-electron chi connectivity index (χ0n) is 17.2. The molecule has 0 saturated carbocycles. The summed E-state index contributed by atoms with van der Waals surface area (Å²) in [6.45, 7) is 5.08. The second-order valence-electron chi connectivity index (χ2n) is 7.79. The number of hydrogen-bond donors (Lipinski definition) is 0. The Morgan fingerprint density at radius 1 is 1.13 bits per heavy atom. The Morgan fingerprint density at radius 2 is 1.83 bits per heavy atom. The monoisotopic (exact) mass is 411 g/mol. The van der Waals surface area contributed by atoms with E-state index >= 15 is 0 Å². The lowest BCUT2D eigenvalue weighted by Gasteiger charge is -2.42. The molecule has 2 saturated heterocycles. The fraction of sp³-hybridized carbons (Fsp3) is 0.476. The Bertz CT molecular complexity index is 949. The van der Waals surface area contributed by atoms with Crippen molar-refractivity contribution in [3.8, 4) is 0 Å². The fourth-order valence-electron chi connectivity index (χ4n) is 4.32. The number of amides is 4. The van der Waals surface area contributed by atoms with E-state index in [0.717, 1.165) is 5.56 Å². The molecule has 2 aromatic rings. The maximum absolute atomic E-state index is 13.2. The summed E-state index contributed by atoms with van der Waals surface area (Å²) in [5.74, 6) is -0.239. The van der Waals surface area contributed by atoms with Crippen LogP contribution in [0.1, 0.15) is 36.7 Å². The molecule has 0 N–H and O–H groups in total. The van der Waals surface area contributed by atoms with E-state index in [-0.39, 0.29) is 24.3 Å². The van der Waals surface area contributed by atoms with Crippen molar-refractivity contribution < 1.29 is 19.0 Å². The average molecular weight is 411 g/mol. The number of piperidine rings is 1. The Labute approximate surface area is 174 Å². The van der Waals surface area contributed by atoms with Crippen LogP contribution >= 0.6 is 0 Å². The van der Waals surface area contributed by atoms with Gasteiger partial charge in [0.05, 0.1) is 6.42 Å². The summed E-state index contributed by atoms with van der Waals surface area (Å²) in [7, 11) is 0. The van der Waals surface area contributed by atoms with Gasteiger partial charge in [-0.3, -0.25) is 14.5 Å². The van der Waals surface area contributed by atoms with E-state index in [1.54, 1.807) is 16.7 Å². The summed E-state index contributed by atoms with van der Waals surface area (Å²) < 4.78 is 4.67. The van der Waals surface area contributed by atoms with Crippen LogP contribution in [0.4, 0.5) is 4.79 Å². The minimum atomic E-state index is -0.898. The number of aromatic nitrogens is 2. The van der Waals surface area contributed by atoms with Gasteiger partial charge < -0.3 is 9.80 Å². The Hall–Kier alpha value is -3.23. The van der Waals surface area contributed by atoms with Gasteiger partial charge in [-0.1, -0.05) is 40.6 Å². The molecule has 9 heteroatoms. The number of carbonyl (C=O) groups is 3. The lowest BCUT2D eigenvalue weighted by molar-refractivity contribution is -0.140. The summed E-state index contributed by atoms with van der Waals surface area (Å²) in [6, 6.07) is 9.41. The number of hydrogen-bond acceptors (Lipinski definition) is 6. The first-order valence-electron chi connectivity index (χ1n) is 10.2. The molecule has 2 fully saturated rings. The average Bonchev–Trinajstić information content (AvgIpc) is 3.24. The molecule has 3 heterocycles. The standard InChI is InChI=1S/C21H25N5O4/c1-3-25-19(28)21(26(20(25)29)14-16-7-5-4-6-8-16)9-11-24(12-10-21)18(27)13-17-15(2)22-30-23-17/h4-8H,3,9-14H2,1-2H3. The Morgan fingerprint density at radius 3 is 2.43 bits per heavy atom. The van der Waals surface area contributed by atoms with Gasteiger partial charge >= 0.3 is 6.03 Å². The first kappa shape index (κ1) is 20.1. The van der Waals surface area contributed by atoms with Crippen molar-refractivity contribution in [1.82, 2.24) is 25.0 Å². The Balaban J connectivity index is 1.51. The largest absolute Gasteiger partial charge is 0.342 e. The highest BCUT2D eigenvalue weighted by Crippen LogP contribution is 2.38. The van der Waals surface area contributed by atoms with Gasteiger partial charge in [-0.25, -0.2) is 9.42 Å². The van der Waals surface area contributed by atoms with Crippen LogP contribution in [-0.2, 0) is 22.6 Å². The molecule has 30 heavy (non-hydrogen) atoms. The number of likely N-dealkylation sites (N-methyl/N-ethyl adjacent to an activating group) is 1. The summed E-state index contributed by atoms with van der Waals surface area (Å²) >= 11 is 0. The highest BCUT2D eigenvalue weighted by Gasteiger charge is 2.57. The van der Waals surface area contributed by atoms with Crippen LogP contribution in [-0.4, -0.2) is 68.0 Å². The molecule has 0 atom stereocenters. The zero-order chi connectivity index (χ0) is 21.3. The molecule has 4 rings (SSSR count). The SMILES string of the molecule is CCN1C(=O)N(Cc2ccccc2)C2(CCN(C(=O)Cc3nonc3C)CC2)C1=O. The maximum atomic E-state index is 13.2. The highest BCUT2D eigenvalue weighted by atomic mass is 16.6. The van der Waals surface area contributed by atoms with Crippen molar-refractivity contribution in [2.24, 2.45) is 0 Å². The molecule has 1 aromatic carbocycles. The van der Waals surface area contributed by atoms with Crippen LogP contribution in [0.25, 0.3) is 0 Å². The number of rotatable bonds is 5. The normalized spacial score (nSPS) is 18.5. The number of urea groups is 1. The molecule has 1 aromatic heterocycles. The van der Waals surface area contributed by atoms with Crippen LogP contribution < -0.4 is 0 Å². The number of benzene rings is 1. The molecule has 9 nitrogen and oxygen atoms in total. The first-order chi connectivity index (χ1) is 14.5. The second-order valence-corrected chi connectivity index (χ2v) is 7.79. The molecular weight excluding hydrogens is 386 g/mol. The fourth-order valence-corrected chi connectivity index (χ4v) is 4.32. The van der Waals surface area contributed by atoms with Gasteiger partial charge in [0, 0.05) is 26.2 Å². The summed E-state index contributed by atoms with van der Waals surface area (Å²) in [5.41, 5.74) is 1.20. The van der Waals surface area contributed by atoms with Crippen LogP contribution in [0, 0.1) is 6.92 Å². The molecule has 0 bridgehead atoms. The van der Waals surface area contributed by atoms with E-state index in [0.29, 0.717) is 50.4 Å². The maximum Gasteiger partial charge on any atom is 0.327 e. The van der Waals surface area contributed by atoms with E-state index in [1.807, 2.05) is 37.3 Å². The summed E-state index contributed by atoms with van der Waals surface area (Å²) in [5, 5.41) is 7.48. The lowest BCUT2D eigenvalue weighted by Crippen LogP contribution is -2.57. The minimum absolute atomic E-state index is 0.0811. The molecule has 0 radical (unpaired) electrons. The highest BCUT2D eigenvalue weighted by molar-refractivity contribution is 6.07. The number of likely N-dealkylation sites (tertiary alicyclic amines) is 1. The van der Waals surface area contributed by atoms with Crippen molar-refractivity contribution in [3.63, 3.8) is 0 Å². The zero-order valence-corrected chi connectivity index (χ0v) is 17.2. The van der Waals surface area contributed by atoms with Gasteiger partial charge in [-0.05, 0) is 32.3 Å². The van der Waals surface area contributed by atoms with Crippen molar-refractivity contribution in [1.29, 1.82) is 0 Å². The number of aryl methyl sites for hydroxylation is 1. The molecule has 1 spiro atoms. The number of carbonyl (C=O) groups excluding carboxylic acids is 3. The predicted octanol–water partition coefficient (Wildman–Crippen LogP) is 1.77. The Kier molecular flexibility index (Phi) is 5.27. The van der Waals surface area contributed by atoms with Crippen LogP contribution in [0.5, 0.6) is 0 Å². The molecular formula is C21H25N5O4. The molecule has 2 aliphatic rings. The van der Waals surface area contributed by atoms with E-state index < -0.39 is 5.54 Å². The summed E-state index contributed by atoms with van der Waals surface area (Å²) in [6.07, 6.45) is 0.954. The van der Waals surface area contributed by atoms with Crippen LogP contribution in [0.3, 0.4) is 0 Å². The van der Waals surface area contributed by atoms with Crippen molar-refractivity contribution >= 4 is 17.8 Å². The van der Waals surface area contributed by atoms with Crippen molar-refractivity contribution in [3.05, 3.63) is 47.3 Å². The molecule has 158 valence electrons. The van der Waals surface area contributed by atoms with E-state index in [9.17, 15) is 14.4 Å². The third kappa shape index (κ3) is 3.34.